The number of amides is 2. The Bertz CT molecular complexity index is 1740. The predicted octanol–water partition coefficient (Wildman–Crippen LogP) is 4.11. The van der Waals surface area contributed by atoms with Gasteiger partial charge in [0.25, 0.3) is 5.91 Å². The van der Waals surface area contributed by atoms with E-state index in [1.807, 2.05) is 0 Å². The number of hydrogen-bond donors (Lipinski definition) is 1. The monoisotopic (exact) mass is 649 g/mol. The minimum atomic E-state index is -5.07. The molecule has 5 rings (SSSR count). The van der Waals surface area contributed by atoms with E-state index in [1.54, 1.807) is 46.2 Å². The molecule has 2 amide bonds. The van der Waals surface area contributed by atoms with Gasteiger partial charge < -0.3 is 9.80 Å². The summed E-state index contributed by atoms with van der Waals surface area (Å²) >= 11 is 0. The van der Waals surface area contributed by atoms with Gasteiger partial charge in [0.1, 0.15) is 6.04 Å². The number of nitrogens with one attached hydrogen (secondary N) is 1. The number of piperidine rings is 1. The lowest BCUT2D eigenvalue weighted by molar-refractivity contribution is -0.140. The number of nitrogens with zero attached hydrogens (tertiary/aromatic N) is 2. The minimum absolute atomic E-state index is 0.119. The van der Waals surface area contributed by atoms with E-state index in [4.69, 9.17) is 0 Å². The van der Waals surface area contributed by atoms with E-state index in [0.717, 1.165) is 6.07 Å². The molecule has 9 nitrogen and oxygen atoms in total. The van der Waals surface area contributed by atoms with E-state index in [2.05, 4.69) is 4.72 Å². The van der Waals surface area contributed by atoms with Crippen LogP contribution in [0.25, 0.3) is 0 Å². The van der Waals surface area contributed by atoms with Crippen LogP contribution in [0.3, 0.4) is 0 Å². The average Bonchev–Trinajstić information content (AvgIpc) is 3.51. The molecule has 0 spiro atoms. The van der Waals surface area contributed by atoms with Gasteiger partial charge in [0.05, 0.1) is 20.2 Å². The van der Waals surface area contributed by atoms with Gasteiger partial charge in [-0.2, -0.15) is 13.2 Å². The van der Waals surface area contributed by atoms with Crippen molar-refractivity contribution in [3.05, 3.63) is 90.0 Å². The fraction of sp³-hybridized carbons (Fsp3) is 0.333. The molecule has 3 aromatic carbocycles. The lowest BCUT2D eigenvalue weighted by atomic mass is 10.0. The number of sulfone groups is 1. The lowest BCUT2D eigenvalue weighted by Gasteiger charge is -2.35. The molecule has 3 aromatic rings. The van der Waals surface area contributed by atoms with Crippen molar-refractivity contribution >= 4 is 31.7 Å². The topological polar surface area (TPSA) is 121 Å². The Morgan fingerprint density at radius 1 is 0.773 bits per heavy atom. The van der Waals surface area contributed by atoms with Crippen LogP contribution >= 0.6 is 0 Å². The zero-order valence-corrected chi connectivity index (χ0v) is 25.0. The smallest absolute Gasteiger partial charge is 0.341 e. The Labute approximate surface area is 253 Å². The van der Waals surface area contributed by atoms with Gasteiger partial charge in [-0.1, -0.05) is 36.4 Å². The standard InChI is InChI=1S/C30H30F3N3O6S2/c31-30(32,33)25-14-13-24(43(39,40)23-10-5-2-6-11-23)20-27(25)44(41,42)34-22-15-18-35(19-16-22)29(38)26-12-7-17-36(26)28(37)21-8-3-1-4-9-21/h1-6,8-11,13-14,20,22,26,34H,7,12,15-19H2/t26-/m1/s1. The first-order chi connectivity index (χ1) is 20.8. The summed E-state index contributed by atoms with van der Waals surface area (Å²) in [6.45, 7) is 0.690. The first-order valence-corrected chi connectivity index (χ1v) is 16.9. The number of rotatable bonds is 7. The van der Waals surface area contributed by atoms with Gasteiger partial charge >= 0.3 is 6.18 Å². The van der Waals surface area contributed by atoms with Gasteiger partial charge in [0.15, 0.2) is 0 Å². The normalized spacial score (nSPS) is 18.4. The average molecular weight is 650 g/mol. The van der Waals surface area contributed by atoms with Crippen molar-refractivity contribution in [1.29, 1.82) is 0 Å². The molecule has 0 saturated carbocycles. The number of benzene rings is 3. The highest BCUT2D eigenvalue weighted by Gasteiger charge is 2.41. The van der Waals surface area contributed by atoms with Crippen LogP contribution in [0, 0.1) is 0 Å². The molecule has 2 fully saturated rings. The van der Waals surface area contributed by atoms with Crippen LogP contribution in [-0.4, -0.2) is 70.2 Å². The van der Waals surface area contributed by atoms with Crippen LogP contribution in [-0.2, 0) is 30.8 Å². The maximum atomic E-state index is 13.9. The van der Waals surface area contributed by atoms with Gasteiger partial charge in [0.2, 0.25) is 25.8 Å². The van der Waals surface area contributed by atoms with Crippen molar-refractivity contribution in [2.24, 2.45) is 0 Å². The number of alkyl halides is 3. The molecule has 2 aliphatic rings. The van der Waals surface area contributed by atoms with Gasteiger partial charge in [0, 0.05) is 31.2 Å². The summed E-state index contributed by atoms with van der Waals surface area (Å²) in [6, 6.07) is 15.9. The molecule has 1 N–H and O–H groups in total. The van der Waals surface area contributed by atoms with Gasteiger partial charge in [-0.15, -0.1) is 0 Å². The third-order valence-electron chi connectivity index (χ3n) is 7.86. The van der Waals surface area contributed by atoms with E-state index >= 15 is 0 Å². The van der Waals surface area contributed by atoms with Crippen LogP contribution in [0.5, 0.6) is 0 Å². The first kappa shape index (κ1) is 31.7. The Balaban J connectivity index is 1.30. The fourth-order valence-corrected chi connectivity index (χ4v) is 8.53. The summed E-state index contributed by atoms with van der Waals surface area (Å²) in [6.07, 6.45) is -3.68. The second-order valence-corrected chi connectivity index (χ2v) is 14.3. The van der Waals surface area contributed by atoms with Crippen molar-refractivity contribution in [2.45, 2.75) is 58.6 Å². The SMILES string of the molecule is O=C([C@H]1CCCN1C(=O)c1ccccc1)N1CCC(NS(=O)(=O)c2cc(S(=O)(=O)c3ccccc3)ccc2C(F)(F)F)CC1. The number of carbonyl (C=O) groups excluding carboxylic acids is 2. The van der Waals surface area contributed by atoms with E-state index in [1.165, 1.54) is 24.3 Å². The number of likely N-dealkylation sites (tertiary alicyclic amines) is 2. The van der Waals surface area contributed by atoms with E-state index in [-0.39, 0.29) is 42.6 Å². The zero-order chi connectivity index (χ0) is 31.7. The highest BCUT2D eigenvalue weighted by molar-refractivity contribution is 7.91. The molecule has 2 aliphatic heterocycles. The minimum Gasteiger partial charge on any atom is -0.341 e. The molecular weight excluding hydrogens is 619 g/mol. The number of halogens is 3. The molecule has 0 bridgehead atoms. The van der Waals surface area contributed by atoms with Crippen molar-refractivity contribution in [1.82, 2.24) is 14.5 Å². The van der Waals surface area contributed by atoms with Gasteiger partial charge in [-0.05, 0) is 68.1 Å². The molecule has 0 unspecified atom stereocenters. The first-order valence-electron chi connectivity index (χ1n) is 14.0. The molecule has 1 atom stereocenters. The Kier molecular flexibility index (Phi) is 8.87. The van der Waals surface area contributed by atoms with Crippen LogP contribution in [0.15, 0.2) is 93.5 Å². The predicted molar refractivity (Wildman–Crippen MR) is 154 cm³/mol. The van der Waals surface area contributed by atoms with Gasteiger partial charge in [-0.3, -0.25) is 9.59 Å². The molecule has 14 heteroatoms. The molecular formula is C30H30F3N3O6S2. The largest absolute Gasteiger partial charge is 0.417 e. The maximum Gasteiger partial charge on any atom is 0.417 e. The Morgan fingerprint density at radius 2 is 1.39 bits per heavy atom. The van der Waals surface area contributed by atoms with E-state index in [0.29, 0.717) is 37.1 Å². The summed E-state index contributed by atoms with van der Waals surface area (Å²) in [5.41, 5.74) is -1.02. The van der Waals surface area contributed by atoms with Crippen LogP contribution in [0.4, 0.5) is 13.2 Å². The summed E-state index contributed by atoms with van der Waals surface area (Å²) in [5, 5.41) is 0. The highest BCUT2D eigenvalue weighted by atomic mass is 32.2. The van der Waals surface area contributed by atoms with Gasteiger partial charge in [-0.25, -0.2) is 21.6 Å². The molecule has 0 aromatic heterocycles. The summed E-state index contributed by atoms with van der Waals surface area (Å²) < 4.78 is 96.7. The fourth-order valence-electron chi connectivity index (χ4n) is 5.59. The number of sulfonamides is 1. The van der Waals surface area contributed by atoms with Crippen molar-refractivity contribution in [2.75, 3.05) is 19.6 Å². The molecule has 0 radical (unpaired) electrons. The highest BCUT2D eigenvalue weighted by Crippen LogP contribution is 2.36. The van der Waals surface area contributed by atoms with E-state index < -0.39 is 53.5 Å². The second kappa shape index (κ2) is 12.3. The Morgan fingerprint density at radius 3 is 2.00 bits per heavy atom. The van der Waals surface area contributed by atoms with Crippen molar-refractivity contribution in [3.8, 4) is 0 Å². The third-order valence-corrected chi connectivity index (χ3v) is 11.2. The quantitative estimate of drug-likeness (QED) is 0.412. The molecule has 44 heavy (non-hydrogen) atoms. The third kappa shape index (κ3) is 6.52. The van der Waals surface area contributed by atoms with Crippen LogP contribution < -0.4 is 4.72 Å². The summed E-state index contributed by atoms with van der Waals surface area (Å²) in [5.74, 6) is -0.507. The molecule has 2 saturated heterocycles. The van der Waals surface area contributed by atoms with E-state index in [9.17, 15) is 39.6 Å². The summed E-state index contributed by atoms with van der Waals surface area (Å²) in [7, 11) is -9.14. The number of hydrogen-bond acceptors (Lipinski definition) is 6. The molecule has 0 aliphatic carbocycles. The van der Waals surface area contributed by atoms with Crippen molar-refractivity contribution in [3.63, 3.8) is 0 Å². The summed E-state index contributed by atoms with van der Waals surface area (Å²) in [4.78, 5) is 27.5. The Hall–Kier alpha value is -3.75. The van der Waals surface area contributed by atoms with Crippen LogP contribution in [0.1, 0.15) is 41.6 Å². The number of carbonyl (C=O) groups is 2. The van der Waals surface area contributed by atoms with Crippen molar-refractivity contribution < 1.29 is 39.6 Å². The van der Waals surface area contributed by atoms with Crippen LogP contribution in [0.2, 0.25) is 0 Å². The lowest BCUT2D eigenvalue weighted by Crippen LogP contribution is -2.52. The second-order valence-electron chi connectivity index (χ2n) is 10.7. The molecule has 234 valence electrons. The molecule has 2 heterocycles. The zero-order valence-electron chi connectivity index (χ0n) is 23.4. The maximum absolute atomic E-state index is 13.9.